The summed E-state index contributed by atoms with van der Waals surface area (Å²) in [4.78, 5) is 20.2. The van der Waals surface area contributed by atoms with E-state index in [0.29, 0.717) is 0 Å². The van der Waals surface area contributed by atoms with Crippen LogP contribution >= 0.6 is 0 Å². The van der Waals surface area contributed by atoms with Gasteiger partial charge in [-0.2, -0.15) is 23.0 Å². The van der Waals surface area contributed by atoms with Crippen molar-refractivity contribution in [1.82, 2.24) is 18.7 Å². The number of halogens is 3. The highest BCUT2D eigenvalue weighted by atomic mass is 32.2. The van der Waals surface area contributed by atoms with E-state index in [4.69, 9.17) is 0 Å². The molecule has 0 aliphatic rings. The molecule has 3 rings (SSSR count). The fourth-order valence-electron chi connectivity index (χ4n) is 3.37. The summed E-state index contributed by atoms with van der Waals surface area (Å²) >= 11 is 0. The van der Waals surface area contributed by atoms with Crippen LogP contribution in [0.15, 0.2) is 32.4 Å². The van der Waals surface area contributed by atoms with E-state index < -0.39 is 27.3 Å². The molecule has 2 aromatic heterocycles. The molecule has 0 radical (unpaired) electrons. The summed E-state index contributed by atoms with van der Waals surface area (Å²) in [5.41, 5.74) is -1.45. The van der Waals surface area contributed by atoms with Gasteiger partial charge in [0.25, 0.3) is 0 Å². The maximum Gasteiger partial charge on any atom is 0.412 e. The second-order valence-corrected chi connectivity index (χ2v) is 9.45. The third kappa shape index (κ3) is 3.86. The van der Waals surface area contributed by atoms with Gasteiger partial charge in [0.15, 0.2) is 21.8 Å². The average Bonchev–Trinajstić information content (AvgIpc) is 3.18. The molecule has 0 saturated carbocycles. The molecular weight excluding hydrogens is 461 g/mol. The van der Waals surface area contributed by atoms with Gasteiger partial charge in [-0.05, 0) is 31.9 Å². The molecule has 2 heterocycles. The van der Waals surface area contributed by atoms with Crippen LogP contribution in [0.1, 0.15) is 19.5 Å². The zero-order chi connectivity index (χ0) is 24.9. The molecule has 0 aliphatic heterocycles. The van der Waals surface area contributed by atoms with Crippen molar-refractivity contribution in [3.63, 3.8) is 0 Å². The largest absolute Gasteiger partial charge is 0.412 e. The lowest BCUT2D eigenvalue weighted by molar-refractivity contribution is -0.0903. The van der Waals surface area contributed by atoms with Crippen LogP contribution in [0, 0.1) is 11.5 Å². The molecule has 0 fully saturated rings. The van der Waals surface area contributed by atoms with E-state index in [-0.39, 0.29) is 44.6 Å². The number of sulfone groups is 1. The number of hydrogen-bond donors (Lipinski definition) is 0. The molecule has 0 spiro atoms. The fraction of sp³-hybridized carbons (Fsp3) is 0.300. The van der Waals surface area contributed by atoms with Crippen molar-refractivity contribution >= 4 is 39.5 Å². The molecule has 0 saturated heterocycles. The average molecular weight is 480 g/mol. The number of imidazole rings is 2. The highest BCUT2D eigenvalue weighted by Crippen LogP contribution is 2.36. The first kappa shape index (κ1) is 24.0. The van der Waals surface area contributed by atoms with Gasteiger partial charge in [-0.25, -0.2) is 23.2 Å². The summed E-state index contributed by atoms with van der Waals surface area (Å²) in [5, 5.41) is 9.41. The standard InChI is InChI=1S/C20H19F3N6O3S/c1-6-33(31,32)16-9-14-15(29(10-24)19(30)27(14)4)8-12(16)17-26-13(18(25-3)28(17)5)7-11(2)20(21,22)23/h7-9H,3,6H2,1-2,4-5H3/b11-7+. The van der Waals surface area contributed by atoms with E-state index in [0.717, 1.165) is 22.1 Å². The summed E-state index contributed by atoms with van der Waals surface area (Å²) in [6, 6.07) is 2.56. The van der Waals surface area contributed by atoms with Gasteiger partial charge in [-0.1, -0.05) is 6.92 Å². The van der Waals surface area contributed by atoms with Crippen molar-refractivity contribution in [2.24, 2.45) is 19.1 Å². The van der Waals surface area contributed by atoms with Crippen LogP contribution in [-0.4, -0.2) is 45.7 Å². The van der Waals surface area contributed by atoms with Crippen molar-refractivity contribution < 1.29 is 21.6 Å². The van der Waals surface area contributed by atoms with Gasteiger partial charge in [-0.15, -0.1) is 0 Å². The lowest BCUT2D eigenvalue weighted by Crippen LogP contribution is -2.19. The Morgan fingerprint density at radius 1 is 1.27 bits per heavy atom. The van der Waals surface area contributed by atoms with Crippen LogP contribution in [0.2, 0.25) is 0 Å². The SMILES string of the molecule is C=Nc1c(/C=C(\C)C(F)(F)F)nc(-c2cc3c(cc2S(=O)(=O)CC)n(C)c(=O)n3C#N)n1C. The van der Waals surface area contributed by atoms with Gasteiger partial charge >= 0.3 is 11.9 Å². The summed E-state index contributed by atoms with van der Waals surface area (Å²) < 4.78 is 68.2. The Morgan fingerprint density at radius 3 is 2.42 bits per heavy atom. The summed E-state index contributed by atoms with van der Waals surface area (Å²) in [6.45, 7) is 5.68. The van der Waals surface area contributed by atoms with Gasteiger partial charge in [-0.3, -0.25) is 4.57 Å². The van der Waals surface area contributed by atoms with Crippen LogP contribution in [0.4, 0.5) is 19.0 Å². The zero-order valence-corrected chi connectivity index (χ0v) is 18.9. The maximum atomic E-state index is 13.1. The molecule has 0 amide bonds. The minimum Gasteiger partial charge on any atom is -0.312 e. The second kappa shape index (κ2) is 8.04. The number of benzene rings is 1. The number of hydrogen-bond acceptors (Lipinski definition) is 6. The number of nitriles is 1. The molecule has 0 aliphatic carbocycles. The van der Waals surface area contributed by atoms with Crippen molar-refractivity contribution in [3.8, 4) is 17.6 Å². The topological polar surface area (TPSA) is 115 Å². The van der Waals surface area contributed by atoms with E-state index in [1.54, 1.807) is 6.19 Å². The molecule has 13 heteroatoms. The lowest BCUT2D eigenvalue weighted by Gasteiger charge is -2.11. The Labute approximate surface area is 186 Å². The number of aromatic nitrogens is 4. The van der Waals surface area contributed by atoms with Gasteiger partial charge in [0.05, 0.1) is 21.7 Å². The van der Waals surface area contributed by atoms with E-state index in [2.05, 4.69) is 16.7 Å². The first-order valence-corrected chi connectivity index (χ1v) is 11.1. The Hall–Kier alpha value is -3.66. The van der Waals surface area contributed by atoms with Gasteiger partial charge in [0, 0.05) is 25.2 Å². The number of rotatable bonds is 5. The number of aliphatic imine (C=N–C) groups is 1. The van der Waals surface area contributed by atoms with Crippen molar-refractivity contribution in [3.05, 3.63) is 33.9 Å². The van der Waals surface area contributed by atoms with E-state index in [1.807, 2.05) is 0 Å². The molecule has 0 unspecified atom stereocenters. The Morgan fingerprint density at radius 2 is 1.91 bits per heavy atom. The minimum atomic E-state index is -4.60. The highest BCUT2D eigenvalue weighted by molar-refractivity contribution is 7.91. The first-order valence-electron chi connectivity index (χ1n) is 9.46. The van der Waals surface area contributed by atoms with Crippen molar-refractivity contribution in [2.45, 2.75) is 24.9 Å². The maximum absolute atomic E-state index is 13.1. The molecule has 0 atom stereocenters. The smallest absolute Gasteiger partial charge is 0.312 e. The quantitative estimate of drug-likeness (QED) is 0.521. The molecule has 9 nitrogen and oxygen atoms in total. The predicted octanol–water partition coefficient (Wildman–Crippen LogP) is 3.16. The molecule has 0 bridgehead atoms. The third-order valence-electron chi connectivity index (χ3n) is 5.25. The van der Waals surface area contributed by atoms with Gasteiger partial charge in [0.2, 0.25) is 0 Å². The first-order chi connectivity index (χ1) is 15.3. The van der Waals surface area contributed by atoms with E-state index in [9.17, 15) is 31.6 Å². The Kier molecular flexibility index (Phi) is 5.84. The van der Waals surface area contributed by atoms with Crippen LogP contribution in [0.25, 0.3) is 28.5 Å². The summed E-state index contributed by atoms with van der Waals surface area (Å²) in [7, 11) is -1.03. The number of allylic oxidation sites excluding steroid dienone is 1. The zero-order valence-electron chi connectivity index (χ0n) is 18.1. The van der Waals surface area contributed by atoms with E-state index >= 15 is 0 Å². The molecule has 1 aromatic carbocycles. The predicted molar refractivity (Wildman–Crippen MR) is 117 cm³/mol. The fourth-order valence-corrected chi connectivity index (χ4v) is 4.46. The number of aryl methyl sites for hydroxylation is 1. The third-order valence-corrected chi connectivity index (χ3v) is 7.02. The molecule has 3 aromatic rings. The van der Waals surface area contributed by atoms with Crippen LogP contribution in [0.5, 0.6) is 0 Å². The molecule has 0 N–H and O–H groups in total. The second-order valence-electron chi connectivity index (χ2n) is 7.20. The van der Waals surface area contributed by atoms with Crippen molar-refractivity contribution in [1.29, 1.82) is 5.26 Å². The van der Waals surface area contributed by atoms with Gasteiger partial charge < -0.3 is 4.57 Å². The normalized spacial score (nSPS) is 12.8. The Balaban J connectivity index is 2.47. The van der Waals surface area contributed by atoms with Crippen LogP contribution < -0.4 is 5.69 Å². The lowest BCUT2D eigenvalue weighted by atomic mass is 10.2. The van der Waals surface area contributed by atoms with Crippen LogP contribution in [0.3, 0.4) is 0 Å². The van der Waals surface area contributed by atoms with Crippen LogP contribution in [-0.2, 0) is 23.9 Å². The molecule has 33 heavy (non-hydrogen) atoms. The van der Waals surface area contributed by atoms with Crippen molar-refractivity contribution in [2.75, 3.05) is 5.75 Å². The molecule has 174 valence electrons. The van der Waals surface area contributed by atoms with E-state index in [1.165, 1.54) is 37.7 Å². The Bertz CT molecular complexity index is 1530. The minimum absolute atomic E-state index is 0.00987. The van der Waals surface area contributed by atoms with Gasteiger partial charge in [0.1, 0.15) is 11.5 Å². The summed E-state index contributed by atoms with van der Waals surface area (Å²) in [5.74, 6) is -0.317. The monoisotopic (exact) mass is 480 g/mol. The highest BCUT2D eigenvalue weighted by Gasteiger charge is 2.31. The number of nitrogens with zero attached hydrogens (tertiary/aromatic N) is 6. The number of alkyl halides is 3. The summed E-state index contributed by atoms with van der Waals surface area (Å²) in [6.07, 6.45) is -2.07. The number of fused-ring (bicyclic) bond motifs is 1. The molecular formula is C20H19F3N6O3S.